The molecule has 3 N–H and O–H groups in total. The van der Waals surface area contributed by atoms with Crippen LogP contribution >= 0.6 is 27.3 Å². The second kappa shape index (κ2) is 8.32. The molecule has 32 heavy (non-hydrogen) atoms. The molecule has 0 saturated heterocycles. The highest BCUT2D eigenvalue weighted by Crippen LogP contribution is 2.34. The third-order valence-corrected chi connectivity index (χ3v) is 6.46. The molecule has 0 unspecified atom stereocenters. The lowest BCUT2D eigenvalue weighted by molar-refractivity contribution is 0.0950. The van der Waals surface area contributed by atoms with Crippen molar-refractivity contribution in [3.63, 3.8) is 0 Å². The zero-order valence-corrected chi connectivity index (χ0v) is 18.5. The van der Waals surface area contributed by atoms with Crippen molar-refractivity contribution in [2.45, 2.75) is 0 Å². The van der Waals surface area contributed by atoms with Gasteiger partial charge in [-0.1, -0.05) is 53.7 Å². The number of amides is 1. The van der Waals surface area contributed by atoms with Gasteiger partial charge in [0.2, 0.25) is 11.6 Å². The number of hydrogen-bond donors (Lipinski definition) is 2. The predicted molar refractivity (Wildman–Crippen MR) is 124 cm³/mol. The van der Waals surface area contributed by atoms with Gasteiger partial charge >= 0.3 is 0 Å². The van der Waals surface area contributed by atoms with E-state index in [1.54, 1.807) is 17.6 Å². The van der Waals surface area contributed by atoms with Gasteiger partial charge in [-0.3, -0.25) is 4.79 Å². The second-order valence-electron chi connectivity index (χ2n) is 6.52. The largest absolute Gasteiger partial charge is 0.378 e. The van der Waals surface area contributed by atoms with Gasteiger partial charge < -0.3 is 5.73 Å². The summed E-state index contributed by atoms with van der Waals surface area (Å²) in [6.45, 7) is 0. The molecular weight excluding hydrogens is 496 g/mol. The second-order valence-corrected chi connectivity index (χ2v) is 8.89. The molecule has 0 saturated carbocycles. The van der Waals surface area contributed by atoms with Crippen LogP contribution in [-0.4, -0.2) is 37.4 Å². The number of rotatable bonds is 5. The molecule has 5 rings (SSSR count). The van der Waals surface area contributed by atoms with Crippen LogP contribution in [0.3, 0.4) is 0 Å². The van der Waals surface area contributed by atoms with Crippen molar-refractivity contribution in [3.8, 4) is 17.1 Å². The summed E-state index contributed by atoms with van der Waals surface area (Å²) >= 11 is 5.14. The van der Waals surface area contributed by atoms with Crippen molar-refractivity contribution in [1.29, 1.82) is 0 Å². The van der Waals surface area contributed by atoms with Gasteiger partial charge in [-0.2, -0.15) is 9.78 Å². The summed E-state index contributed by atoms with van der Waals surface area (Å²) < 4.78 is 8.01. The fourth-order valence-electron chi connectivity index (χ4n) is 3.14. The topological polar surface area (TPSA) is 137 Å². The number of nitrogens with zero attached hydrogens (tertiary/aromatic N) is 6. The molecule has 0 aliphatic heterocycles. The number of hydrazone groups is 1. The van der Waals surface area contributed by atoms with E-state index in [0.29, 0.717) is 11.3 Å². The van der Waals surface area contributed by atoms with Crippen LogP contribution in [0, 0.1) is 0 Å². The van der Waals surface area contributed by atoms with E-state index in [9.17, 15) is 4.79 Å². The van der Waals surface area contributed by atoms with E-state index in [4.69, 9.17) is 5.73 Å². The normalized spacial score (nSPS) is 11.4. The number of halogens is 1. The highest BCUT2D eigenvalue weighted by atomic mass is 79.9. The Balaban J connectivity index is 1.49. The lowest BCUT2D eigenvalue weighted by Gasteiger charge is -2.05. The molecule has 0 atom stereocenters. The molecule has 0 aliphatic carbocycles. The maximum atomic E-state index is 12.9. The fourth-order valence-corrected chi connectivity index (χ4v) is 4.88. The molecule has 10 nitrogen and oxygen atoms in total. The van der Waals surface area contributed by atoms with Crippen molar-refractivity contribution in [3.05, 3.63) is 69.6 Å². The number of carbonyl (C=O) groups excluding carboxylic acids is 1. The number of nitrogens with one attached hydrogen (secondary N) is 1. The summed E-state index contributed by atoms with van der Waals surface area (Å²) in [7, 11) is 0. The van der Waals surface area contributed by atoms with E-state index in [1.807, 2.05) is 54.6 Å². The van der Waals surface area contributed by atoms with Gasteiger partial charge in [-0.15, -0.1) is 16.4 Å². The Labute approximate surface area is 192 Å². The first-order valence-corrected chi connectivity index (χ1v) is 10.8. The molecule has 12 heteroatoms. The first-order valence-electron chi connectivity index (χ1n) is 9.23. The van der Waals surface area contributed by atoms with Crippen LogP contribution < -0.4 is 11.2 Å². The maximum absolute atomic E-state index is 12.9. The Morgan fingerprint density at radius 3 is 2.72 bits per heavy atom. The summed E-state index contributed by atoms with van der Waals surface area (Å²) in [4.78, 5) is 12.9. The SMILES string of the molecule is Nc1nonc1-n1nnc(C(=O)NN=Cc2c(Br)sc3ccccc23)c1-c1ccccc1. The highest BCUT2D eigenvalue weighted by molar-refractivity contribution is 9.11. The molecule has 1 amide bonds. The van der Waals surface area contributed by atoms with Gasteiger partial charge in [0.25, 0.3) is 5.91 Å². The molecule has 2 aromatic carbocycles. The summed E-state index contributed by atoms with van der Waals surface area (Å²) in [6.07, 6.45) is 1.59. The van der Waals surface area contributed by atoms with E-state index in [2.05, 4.69) is 51.7 Å². The first kappa shape index (κ1) is 20.0. The Kier molecular flexibility index (Phi) is 5.21. The van der Waals surface area contributed by atoms with Crippen molar-refractivity contribution in [2.24, 2.45) is 5.10 Å². The predicted octanol–water partition coefficient (Wildman–Crippen LogP) is 3.64. The van der Waals surface area contributed by atoms with Crippen LogP contribution in [0.15, 0.2) is 68.1 Å². The molecule has 158 valence electrons. The average Bonchev–Trinajstić information content (AvgIpc) is 3.51. The molecule has 0 bridgehead atoms. The third kappa shape index (κ3) is 3.55. The summed E-state index contributed by atoms with van der Waals surface area (Å²) in [5.74, 6) is -0.393. The minimum absolute atomic E-state index is 0.0197. The lowest BCUT2D eigenvalue weighted by atomic mass is 10.1. The first-order chi connectivity index (χ1) is 15.6. The fraction of sp³-hybridized carbons (Fsp3) is 0. The van der Waals surface area contributed by atoms with Crippen LogP contribution in [0.5, 0.6) is 0 Å². The summed E-state index contributed by atoms with van der Waals surface area (Å²) in [5, 5.41) is 20.6. The molecule has 0 aliphatic rings. The minimum Gasteiger partial charge on any atom is -0.378 e. The van der Waals surface area contributed by atoms with Crippen LogP contribution in [0.1, 0.15) is 16.1 Å². The summed E-state index contributed by atoms with van der Waals surface area (Å²) in [6, 6.07) is 17.1. The monoisotopic (exact) mass is 508 g/mol. The molecule has 0 radical (unpaired) electrons. The van der Waals surface area contributed by atoms with Crippen LogP contribution in [0.4, 0.5) is 5.82 Å². The van der Waals surface area contributed by atoms with E-state index in [0.717, 1.165) is 19.4 Å². The van der Waals surface area contributed by atoms with Crippen molar-refractivity contribution < 1.29 is 9.42 Å². The van der Waals surface area contributed by atoms with Crippen molar-refractivity contribution in [2.75, 3.05) is 5.73 Å². The lowest BCUT2D eigenvalue weighted by Crippen LogP contribution is -2.19. The van der Waals surface area contributed by atoms with Gasteiger partial charge in [0, 0.05) is 21.2 Å². The van der Waals surface area contributed by atoms with Gasteiger partial charge in [0.1, 0.15) is 5.69 Å². The molecule has 0 fully saturated rings. The molecule has 3 aromatic heterocycles. The number of nitrogens with two attached hydrogens (primary N) is 1. The van der Waals surface area contributed by atoms with Gasteiger partial charge in [-0.25, -0.2) is 10.1 Å². The minimum atomic E-state index is -0.544. The molecule has 5 aromatic rings. The third-order valence-electron chi connectivity index (χ3n) is 4.58. The van der Waals surface area contributed by atoms with Crippen LogP contribution in [0.25, 0.3) is 27.2 Å². The van der Waals surface area contributed by atoms with E-state index >= 15 is 0 Å². The number of benzene rings is 2. The zero-order chi connectivity index (χ0) is 22.1. The van der Waals surface area contributed by atoms with Crippen molar-refractivity contribution in [1.82, 2.24) is 30.7 Å². The van der Waals surface area contributed by atoms with Gasteiger partial charge in [-0.05, 0) is 32.3 Å². The van der Waals surface area contributed by atoms with Crippen LogP contribution in [-0.2, 0) is 0 Å². The zero-order valence-electron chi connectivity index (χ0n) is 16.1. The Morgan fingerprint density at radius 2 is 1.94 bits per heavy atom. The van der Waals surface area contributed by atoms with E-state index in [1.165, 1.54) is 4.68 Å². The molecule has 3 heterocycles. The number of nitrogen functional groups attached to an aromatic ring is 1. The molecule has 0 spiro atoms. The number of thiophene rings is 1. The average molecular weight is 509 g/mol. The number of fused-ring (bicyclic) bond motifs is 1. The van der Waals surface area contributed by atoms with Gasteiger partial charge in [0.15, 0.2) is 5.69 Å². The Bertz CT molecular complexity index is 1460. The standard InChI is InChI=1S/C20H13BrN8O2S/c21-17-13(12-8-4-5-9-14(12)32-17)10-23-25-20(30)15-16(11-6-2-1-3-7-11)29(28-24-15)19-18(22)26-31-27-19/h1-10H,(H2,22,26)(H,25,30). The number of anilines is 1. The Hall–Kier alpha value is -3.90. The quantitative estimate of drug-likeness (QED) is 0.273. The summed E-state index contributed by atoms with van der Waals surface area (Å²) in [5.41, 5.74) is 10.3. The molecular formula is C20H13BrN8O2S. The smallest absolute Gasteiger partial charge is 0.294 e. The van der Waals surface area contributed by atoms with Crippen LogP contribution in [0.2, 0.25) is 0 Å². The number of aromatic nitrogens is 5. The number of carbonyl (C=O) groups is 1. The Morgan fingerprint density at radius 1 is 1.16 bits per heavy atom. The van der Waals surface area contributed by atoms with E-state index < -0.39 is 5.91 Å². The van der Waals surface area contributed by atoms with Gasteiger partial charge in [0.05, 0.1) is 10.0 Å². The number of hydrogen-bond acceptors (Lipinski definition) is 9. The van der Waals surface area contributed by atoms with E-state index in [-0.39, 0.29) is 17.3 Å². The maximum Gasteiger partial charge on any atom is 0.294 e. The highest BCUT2D eigenvalue weighted by Gasteiger charge is 2.25. The van der Waals surface area contributed by atoms with Crippen molar-refractivity contribution >= 4 is 55.3 Å².